The van der Waals surface area contributed by atoms with Crippen molar-refractivity contribution in [3.63, 3.8) is 0 Å². The van der Waals surface area contributed by atoms with E-state index in [2.05, 4.69) is 10.0 Å². The van der Waals surface area contributed by atoms with E-state index in [9.17, 15) is 17.6 Å². The van der Waals surface area contributed by atoms with Gasteiger partial charge in [0.25, 0.3) is 5.91 Å². The monoisotopic (exact) mass is 379 g/mol. The number of amides is 1. The SMILES string of the molecule is CCNS(=O)(=O)c1ccc(F)c(C(=O)Nc2cccc(N(C)CC)c2)c1. The zero-order valence-electron chi connectivity index (χ0n) is 14.9. The van der Waals surface area contributed by atoms with E-state index in [1.54, 1.807) is 25.1 Å². The Bertz CT molecular complexity index is 900. The molecule has 0 heterocycles. The fourth-order valence-corrected chi connectivity index (χ4v) is 3.39. The van der Waals surface area contributed by atoms with E-state index in [0.717, 1.165) is 30.4 Å². The Hall–Kier alpha value is -2.45. The summed E-state index contributed by atoms with van der Waals surface area (Å²) in [6, 6.07) is 10.2. The Morgan fingerprint density at radius 1 is 1.15 bits per heavy atom. The highest BCUT2D eigenvalue weighted by Gasteiger charge is 2.19. The molecule has 0 radical (unpaired) electrons. The molecule has 2 N–H and O–H groups in total. The summed E-state index contributed by atoms with van der Waals surface area (Å²) in [6.45, 7) is 4.61. The lowest BCUT2D eigenvalue weighted by Crippen LogP contribution is -2.24. The third kappa shape index (κ3) is 4.59. The first-order valence-corrected chi connectivity index (χ1v) is 9.68. The summed E-state index contributed by atoms with van der Waals surface area (Å²) in [7, 11) is -1.87. The number of nitrogens with one attached hydrogen (secondary N) is 2. The zero-order chi connectivity index (χ0) is 19.3. The minimum absolute atomic E-state index is 0.162. The predicted molar refractivity (Wildman–Crippen MR) is 101 cm³/mol. The average Bonchev–Trinajstić information content (AvgIpc) is 2.61. The maximum absolute atomic E-state index is 14.1. The topological polar surface area (TPSA) is 78.5 Å². The number of nitrogens with zero attached hydrogens (tertiary/aromatic N) is 1. The van der Waals surface area contributed by atoms with Gasteiger partial charge in [-0.3, -0.25) is 4.79 Å². The van der Waals surface area contributed by atoms with Gasteiger partial charge in [0.1, 0.15) is 5.82 Å². The van der Waals surface area contributed by atoms with Gasteiger partial charge in [-0.05, 0) is 43.3 Å². The van der Waals surface area contributed by atoms with Crippen molar-refractivity contribution < 1.29 is 17.6 Å². The highest BCUT2D eigenvalue weighted by Crippen LogP contribution is 2.20. The molecule has 2 rings (SSSR count). The second-order valence-electron chi connectivity index (χ2n) is 5.66. The molecule has 0 fully saturated rings. The molecule has 2 aromatic rings. The number of sulfonamides is 1. The molecule has 8 heteroatoms. The van der Waals surface area contributed by atoms with Gasteiger partial charge in [0, 0.05) is 31.5 Å². The second kappa shape index (κ2) is 8.29. The first-order valence-electron chi connectivity index (χ1n) is 8.20. The van der Waals surface area contributed by atoms with Crippen molar-refractivity contribution in [1.29, 1.82) is 0 Å². The molecular weight excluding hydrogens is 357 g/mol. The minimum atomic E-state index is -3.78. The van der Waals surface area contributed by atoms with E-state index in [-0.39, 0.29) is 17.0 Å². The Morgan fingerprint density at radius 3 is 2.54 bits per heavy atom. The van der Waals surface area contributed by atoms with E-state index in [4.69, 9.17) is 0 Å². The molecule has 6 nitrogen and oxygen atoms in total. The highest BCUT2D eigenvalue weighted by atomic mass is 32.2. The lowest BCUT2D eigenvalue weighted by Gasteiger charge is -2.17. The van der Waals surface area contributed by atoms with E-state index in [1.165, 1.54) is 0 Å². The van der Waals surface area contributed by atoms with Crippen molar-refractivity contribution in [2.75, 3.05) is 30.4 Å². The number of hydrogen-bond donors (Lipinski definition) is 2. The number of rotatable bonds is 7. The summed E-state index contributed by atoms with van der Waals surface area (Å²) in [4.78, 5) is 14.3. The first-order chi connectivity index (χ1) is 12.3. The van der Waals surface area contributed by atoms with Gasteiger partial charge in [-0.2, -0.15) is 0 Å². The number of carbonyl (C=O) groups is 1. The predicted octanol–water partition coefficient (Wildman–Crippen LogP) is 2.83. The standard InChI is InChI=1S/C18H22FN3O3S/c1-4-20-26(24,25)15-9-10-17(19)16(12-15)18(23)21-13-7-6-8-14(11-13)22(3)5-2/h6-12,20H,4-5H2,1-3H3,(H,21,23). The Kier molecular flexibility index (Phi) is 6.33. The van der Waals surface area contributed by atoms with Gasteiger partial charge in [0.05, 0.1) is 10.5 Å². The van der Waals surface area contributed by atoms with E-state index in [1.807, 2.05) is 24.9 Å². The minimum Gasteiger partial charge on any atom is -0.375 e. The van der Waals surface area contributed by atoms with Crippen molar-refractivity contribution in [2.45, 2.75) is 18.7 Å². The van der Waals surface area contributed by atoms with Gasteiger partial charge in [0.2, 0.25) is 10.0 Å². The van der Waals surface area contributed by atoms with Crippen LogP contribution in [0.5, 0.6) is 0 Å². The van der Waals surface area contributed by atoms with Gasteiger partial charge in [0.15, 0.2) is 0 Å². The normalized spacial score (nSPS) is 11.2. The van der Waals surface area contributed by atoms with Gasteiger partial charge in [-0.1, -0.05) is 13.0 Å². The quantitative estimate of drug-likeness (QED) is 0.775. The molecule has 0 unspecified atom stereocenters. The molecular formula is C18H22FN3O3S. The fraction of sp³-hybridized carbons (Fsp3) is 0.278. The van der Waals surface area contributed by atoms with E-state index in [0.29, 0.717) is 5.69 Å². The number of halogens is 1. The first kappa shape index (κ1) is 19.9. The largest absolute Gasteiger partial charge is 0.375 e. The van der Waals surface area contributed by atoms with Crippen LogP contribution in [0.2, 0.25) is 0 Å². The maximum Gasteiger partial charge on any atom is 0.258 e. The Balaban J connectivity index is 2.30. The van der Waals surface area contributed by atoms with Crippen LogP contribution in [0.4, 0.5) is 15.8 Å². The molecule has 140 valence electrons. The van der Waals surface area contributed by atoms with Gasteiger partial charge >= 0.3 is 0 Å². The third-order valence-electron chi connectivity index (χ3n) is 3.85. The highest BCUT2D eigenvalue weighted by molar-refractivity contribution is 7.89. The summed E-state index contributed by atoms with van der Waals surface area (Å²) in [5.41, 5.74) is 1.06. The van der Waals surface area contributed by atoms with Crippen LogP contribution in [0.3, 0.4) is 0 Å². The summed E-state index contributed by atoms with van der Waals surface area (Å²) < 4.78 is 40.5. The van der Waals surface area contributed by atoms with Crippen LogP contribution in [0.15, 0.2) is 47.4 Å². The molecule has 0 aliphatic heterocycles. The molecule has 0 saturated carbocycles. The average molecular weight is 379 g/mol. The lowest BCUT2D eigenvalue weighted by molar-refractivity contribution is 0.102. The molecule has 0 aliphatic carbocycles. The molecule has 1 amide bonds. The fourth-order valence-electron chi connectivity index (χ4n) is 2.32. The zero-order valence-corrected chi connectivity index (χ0v) is 15.7. The van der Waals surface area contributed by atoms with Crippen molar-refractivity contribution in [3.8, 4) is 0 Å². The smallest absolute Gasteiger partial charge is 0.258 e. The lowest BCUT2D eigenvalue weighted by atomic mass is 10.2. The van der Waals surface area contributed by atoms with Crippen LogP contribution in [0, 0.1) is 5.82 Å². The molecule has 0 aromatic heterocycles. The van der Waals surface area contributed by atoms with Crippen LogP contribution in [0.1, 0.15) is 24.2 Å². The number of hydrogen-bond acceptors (Lipinski definition) is 4. The molecule has 0 aliphatic rings. The number of anilines is 2. The Morgan fingerprint density at radius 2 is 1.88 bits per heavy atom. The number of carbonyl (C=O) groups excluding carboxylic acids is 1. The van der Waals surface area contributed by atoms with E-state index >= 15 is 0 Å². The van der Waals surface area contributed by atoms with Crippen molar-refractivity contribution in [2.24, 2.45) is 0 Å². The molecule has 0 bridgehead atoms. The molecule has 26 heavy (non-hydrogen) atoms. The summed E-state index contributed by atoms with van der Waals surface area (Å²) in [5.74, 6) is -1.51. The van der Waals surface area contributed by atoms with Crippen molar-refractivity contribution >= 4 is 27.3 Å². The van der Waals surface area contributed by atoms with Crippen molar-refractivity contribution in [3.05, 3.63) is 53.8 Å². The maximum atomic E-state index is 14.1. The van der Waals surface area contributed by atoms with Crippen molar-refractivity contribution in [1.82, 2.24) is 4.72 Å². The summed E-state index contributed by atoms with van der Waals surface area (Å²) in [5, 5.41) is 2.61. The van der Waals surface area contributed by atoms with Crippen LogP contribution in [-0.4, -0.2) is 34.5 Å². The van der Waals surface area contributed by atoms with Crippen LogP contribution in [0.25, 0.3) is 0 Å². The summed E-state index contributed by atoms with van der Waals surface area (Å²) in [6.07, 6.45) is 0. The molecule has 2 aromatic carbocycles. The molecule has 0 spiro atoms. The molecule has 0 atom stereocenters. The van der Waals surface area contributed by atoms with Gasteiger partial charge in [-0.15, -0.1) is 0 Å². The Labute approximate surface area is 153 Å². The van der Waals surface area contributed by atoms with Gasteiger partial charge < -0.3 is 10.2 Å². The van der Waals surface area contributed by atoms with Crippen LogP contribution >= 0.6 is 0 Å². The second-order valence-corrected chi connectivity index (χ2v) is 7.43. The van der Waals surface area contributed by atoms with E-state index < -0.39 is 21.7 Å². The summed E-state index contributed by atoms with van der Waals surface area (Å²) >= 11 is 0. The van der Waals surface area contributed by atoms with Crippen LogP contribution in [-0.2, 0) is 10.0 Å². The molecule has 0 saturated heterocycles. The van der Waals surface area contributed by atoms with Gasteiger partial charge in [-0.25, -0.2) is 17.5 Å². The van der Waals surface area contributed by atoms with Crippen LogP contribution < -0.4 is 14.9 Å². The third-order valence-corrected chi connectivity index (χ3v) is 5.39. The number of benzene rings is 2.